The molecule has 0 aliphatic carbocycles. The summed E-state index contributed by atoms with van der Waals surface area (Å²) < 4.78 is 1.94. The first-order valence-electron chi connectivity index (χ1n) is 5.75. The van der Waals surface area contributed by atoms with Gasteiger partial charge in [-0.05, 0) is 38.0 Å². The van der Waals surface area contributed by atoms with Crippen LogP contribution >= 0.6 is 11.6 Å². The SMILES string of the molecule is Cc1c(Cl)ccc2c(C(C)(C)C(=O)O)cn(C)c12. The third kappa shape index (κ3) is 1.70. The zero-order chi connectivity index (χ0) is 13.7. The second kappa shape index (κ2) is 4.02. The maximum Gasteiger partial charge on any atom is 0.313 e. The summed E-state index contributed by atoms with van der Waals surface area (Å²) in [5, 5.41) is 11.0. The summed E-state index contributed by atoms with van der Waals surface area (Å²) in [6.45, 7) is 5.38. The molecule has 0 saturated carbocycles. The molecule has 1 aromatic heterocycles. The first kappa shape index (κ1) is 13.0. The highest BCUT2D eigenvalue weighted by molar-refractivity contribution is 6.32. The third-order valence-electron chi connectivity index (χ3n) is 3.54. The van der Waals surface area contributed by atoms with Crippen molar-refractivity contribution < 1.29 is 9.90 Å². The fourth-order valence-electron chi connectivity index (χ4n) is 2.29. The van der Waals surface area contributed by atoms with Crippen LogP contribution in [0, 0.1) is 6.92 Å². The monoisotopic (exact) mass is 265 g/mol. The minimum Gasteiger partial charge on any atom is -0.481 e. The maximum atomic E-state index is 11.4. The van der Waals surface area contributed by atoms with Crippen molar-refractivity contribution in [3.05, 3.63) is 34.5 Å². The molecular weight excluding hydrogens is 250 g/mol. The van der Waals surface area contributed by atoms with Gasteiger partial charge in [0.15, 0.2) is 0 Å². The second-order valence-corrected chi connectivity index (χ2v) is 5.56. The molecule has 96 valence electrons. The Balaban J connectivity index is 2.84. The van der Waals surface area contributed by atoms with E-state index in [9.17, 15) is 9.90 Å². The molecule has 2 aromatic rings. The van der Waals surface area contributed by atoms with E-state index in [4.69, 9.17) is 11.6 Å². The summed E-state index contributed by atoms with van der Waals surface area (Å²) in [7, 11) is 1.91. The van der Waals surface area contributed by atoms with Crippen LogP contribution in [0.5, 0.6) is 0 Å². The molecule has 0 atom stereocenters. The molecule has 0 unspecified atom stereocenters. The summed E-state index contributed by atoms with van der Waals surface area (Å²) >= 11 is 6.12. The van der Waals surface area contributed by atoms with Gasteiger partial charge in [0.1, 0.15) is 0 Å². The lowest BCUT2D eigenvalue weighted by molar-refractivity contribution is -0.142. The molecule has 3 nitrogen and oxygen atoms in total. The van der Waals surface area contributed by atoms with Gasteiger partial charge < -0.3 is 9.67 Å². The average Bonchev–Trinajstić information content (AvgIpc) is 2.62. The first-order chi connectivity index (χ1) is 8.26. The van der Waals surface area contributed by atoms with E-state index in [0.717, 1.165) is 22.0 Å². The molecule has 18 heavy (non-hydrogen) atoms. The predicted molar refractivity (Wildman–Crippen MR) is 73.3 cm³/mol. The summed E-state index contributed by atoms with van der Waals surface area (Å²) in [5.74, 6) is -0.831. The molecule has 0 fully saturated rings. The van der Waals surface area contributed by atoms with Crippen LogP contribution in [0.4, 0.5) is 0 Å². The minimum absolute atomic E-state index is 0.698. The molecule has 0 bridgehead atoms. The molecule has 4 heteroatoms. The van der Waals surface area contributed by atoms with Gasteiger partial charge in [-0.3, -0.25) is 4.79 Å². The lowest BCUT2D eigenvalue weighted by atomic mass is 9.84. The van der Waals surface area contributed by atoms with Crippen LogP contribution < -0.4 is 0 Å². The van der Waals surface area contributed by atoms with E-state index in [2.05, 4.69) is 0 Å². The van der Waals surface area contributed by atoms with Gasteiger partial charge in [-0.15, -0.1) is 0 Å². The van der Waals surface area contributed by atoms with Gasteiger partial charge in [0.05, 0.1) is 10.9 Å². The number of aliphatic carboxylic acids is 1. The Bertz CT molecular complexity index is 641. The molecule has 1 aromatic carbocycles. The molecule has 0 spiro atoms. The average molecular weight is 266 g/mol. The van der Waals surface area contributed by atoms with Crippen LogP contribution in [0.3, 0.4) is 0 Å². The second-order valence-electron chi connectivity index (χ2n) is 5.15. The Morgan fingerprint density at radius 1 is 1.39 bits per heavy atom. The highest BCUT2D eigenvalue weighted by Gasteiger charge is 2.32. The normalized spacial score (nSPS) is 12.1. The van der Waals surface area contributed by atoms with Crippen molar-refractivity contribution in [2.24, 2.45) is 7.05 Å². The van der Waals surface area contributed by atoms with Crippen LogP contribution in [-0.2, 0) is 17.3 Å². The Morgan fingerprint density at radius 2 is 2.00 bits per heavy atom. The van der Waals surface area contributed by atoms with Crippen molar-refractivity contribution >= 4 is 28.5 Å². The van der Waals surface area contributed by atoms with Crippen molar-refractivity contribution in [3.8, 4) is 0 Å². The number of carboxylic acids is 1. The van der Waals surface area contributed by atoms with E-state index in [0.29, 0.717) is 5.02 Å². The fraction of sp³-hybridized carbons (Fsp3) is 0.357. The molecule has 1 heterocycles. The number of nitrogens with zero attached hydrogens (tertiary/aromatic N) is 1. The highest BCUT2D eigenvalue weighted by Crippen LogP contribution is 2.35. The van der Waals surface area contributed by atoms with Crippen LogP contribution in [0.25, 0.3) is 10.9 Å². The number of carboxylic acid groups (broad SMARTS) is 1. The zero-order valence-corrected chi connectivity index (χ0v) is 11.7. The maximum absolute atomic E-state index is 11.4. The molecule has 0 aliphatic rings. The molecule has 2 rings (SSSR count). The zero-order valence-electron chi connectivity index (χ0n) is 10.9. The van der Waals surface area contributed by atoms with Crippen LogP contribution in [-0.4, -0.2) is 15.6 Å². The Hall–Kier alpha value is -1.48. The van der Waals surface area contributed by atoms with Gasteiger partial charge in [-0.2, -0.15) is 0 Å². The van der Waals surface area contributed by atoms with Crippen LogP contribution in [0.15, 0.2) is 18.3 Å². The number of benzene rings is 1. The lowest BCUT2D eigenvalue weighted by Gasteiger charge is -2.18. The summed E-state index contributed by atoms with van der Waals surface area (Å²) in [6.07, 6.45) is 1.88. The van der Waals surface area contributed by atoms with Gasteiger partial charge in [0.2, 0.25) is 0 Å². The van der Waals surface area contributed by atoms with E-state index in [1.165, 1.54) is 0 Å². The first-order valence-corrected chi connectivity index (χ1v) is 6.12. The van der Waals surface area contributed by atoms with E-state index in [-0.39, 0.29) is 0 Å². The van der Waals surface area contributed by atoms with Crippen molar-refractivity contribution in [2.45, 2.75) is 26.2 Å². The summed E-state index contributed by atoms with van der Waals surface area (Å²) in [6, 6.07) is 3.71. The number of halogens is 1. The summed E-state index contributed by atoms with van der Waals surface area (Å²) in [4.78, 5) is 11.4. The number of aryl methyl sites for hydroxylation is 2. The van der Waals surface area contributed by atoms with Gasteiger partial charge in [-0.1, -0.05) is 17.7 Å². The molecule has 0 saturated heterocycles. The highest BCUT2D eigenvalue weighted by atomic mass is 35.5. The van der Waals surface area contributed by atoms with Crippen molar-refractivity contribution in [1.29, 1.82) is 0 Å². The van der Waals surface area contributed by atoms with Crippen molar-refractivity contribution in [2.75, 3.05) is 0 Å². The van der Waals surface area contributed by atoms with Gasteiger partial charge in [0, 0.05) is 23.7 Å². The van der Waals surface area contributed by atoms with Crippen LogP contribution in [0.2, 0.25) is 5.02 Å². The minimum atomic E-state index is -0.917. The lowest BCUT2D eigenvalue weighted by Crippen LogP contribution is -2.28. The van der Waals surface area contributed by atoms with Gasteiger partial charge in [0.25, 0.3) is 0 Å². The van der Waals surface area contributed by atoms with Gasteiger partial charge in [-0.25, -0.2) is 0 Å². The number of hydrogen-bond donors (Lipinski definition) is 1. The standard InChI is InChI=1S/C14H16ClNO2/c1-8-11(15)6-5-9-10(7-16(4)12(8)9)14(2,3)13(17)18/h5-7H,1-4H3,(H,17,18). The van der Waals surface area contributed by atoms with Crippen LogP contribution in [0.1, 0.15) is 25.0 Å². The number of fused-ring (bicyclic) bond motifs is 1. The Morgan fingerprint density at radius 3 is 2.56 bits per heavy atom. The molecule has 0 amide bonds. The van der Waals surface area contributed by atoms with E-state index >= 15 is 0 Å². The quantitative estimate of drug-likeness (QED) is 0.903. The Kier molecular flexibility index (Phi) is 2.90. The van der Waals surface area contributed by atoms with Crippen molar-refractivity contribution in [3.63, 3.8) is 0 Å². The molecule has 0 aliphatic heterocycles. The molecule has 1 N–H and O–H groups in total. The smallest absolute Gasteiger partial charge is 0.313 e. The topological polar surface area (TPSA) is 42.2 Å². The largest absolute Gasteiger partial charge is 0.481 e. The van der Waals surface area contributed by atoms with Crippen molar-refractivity contribution in [1.82, 2.24) is 4.57 Å². The number of carbonyl (C=O) groups is 1. The Labute approximate surface area is 111 Å². The fourth-order valence-corrected chi connectivity index (χ4v) is 2.44. The number of rotatable bonds is 2. The molecule has 0 radical (unpaired) electrons. The van der Waals surface area contributed by atoms with Gasteiger partial charge >= 0.3 is 5.97 Å². The molecular formula is C14H16ClNO2. The number of hydrogen-bond acceptors (Lipinski definition) is 1. The summed E-state index contributed by atoms with van der Waals surface area (Å²) in [5.41, 5.74) is 1.86. The van der Waals surface area contributed by atoms with E-state index in [1.807, 2.05) is 36.9 Å². The number of aromatic nitrogens is 1. The van der Waals surface area contributed by atoms with E-state index in [1.54, 1.807) is 13.8 Å². The third-order valence-corrected chi connectivity index (χ3v) is 3.95. The van der Waals surface area contributed by atoms with E-state index < -0.39 is 11.4 Å². The predicted octanol–water partition coefficient (Wildman–Crippen LogP) is 3.50.